The van der Waals surface area contributed by atoms with E-state index < -0.39 is 0 Å². The van der Waals surface area contributed by atoms with Gasteiger partial charge in [-0.3, -0.25) is 0 Å². The summed E-state index contributed by atoms with van der Waals surface area (Å²) in [7, 11) is 0. The lowest BCUT2D eigenvalue weighted by Gasteiger charge is -2.35. The van der Waals surface area contributed by atoms with Gasteiger partial charge < -0.3 is 5.11 Å². The zero-order valence-corrected chi connectivity index (χ0v) is 11.2. The molecule has 0 aromatic rings. The minimum absolute atomic E-state index is 0.376. The zero-order valence-electron chi connectivity index (χ0n) is 11.2. The van der Waals surface area contributed by atoms with Gasteiger partial charge in [0.2, 0.25) is 0 Å². The molecule has 0 saturated heterocycles. The van der Waals surface area contributed by atoms with E-state index in [1.807, 2.05) is 0 Å². The Kier molecular flexibility index (Phi) is 2.11. The van der Waals surface area contributed by atoms with E-state index in [1.54, 1.807) is 0 Å². The van der Waals surface area contributed by atoms with Crippen LogP contribution in [0.5, 0.6) is 0 Å². The minimum Gasteiger partial charge on any atom is -0.390 e. The summed E-state index contributed by atoms with van der Waals surface area (Å²) in [5.41, 5.74) is 0.191. The summed E-state index contributed by atoms with van der Waals surface area (Å²) >= 11 is 0. The molecule has 1 N–H and O–H groups in total. The molecule has 3 aliphatic rings. The van der Waals surface area contributed by atoms with Crippen LogP contribution in [0.2, 0.25) is 0 Å². The third-order valence-corrected chi connectivity index (χ3v) is 6.37. The van der Waals surface area contributed by atoms with Crippen LogP contribution in [0.1, 0.15) is 53.4 Å². The molecule has 0 aromatic heterocycles. The van der Waals surface area contributed by atoms with Crippen LogP contribution < -0.4 is 0 Å². The lowest BCUT2D eigenvalue weighted by molar-refractivity contribution is -0.0302. The Balaban J connectivity index is 1.94. The second kappa shape index (κ2) is 3.04. The Morgan fingerprint density at radius 2 is 1.69 bits per heavy atom. The van der Waals surface area contributed by atoms with Crippen LogP contribution in [-0.2, 0) is 0 Å². The lowest BCUT2D eigenvalue weighted by Crippen LogP contribution is -2.38. The highest BCUT2D eigenvalue weighted by atomic mass is 16.3. The first-order valence-corrected chi connectivity index (χ1v) is 7.08. The predicted molar refractivity (Wildman–Crippen MR) is 66.0 cm³/mol. The van der Waals surface area contributed by atoms with E-state index >= 15 is 0 Å². The Labute approximate surface area is 99.6 Å². The average Bonchev–Trinajstić information content (AvgIpc) is 2.51. The van der Waals surface area contributed by atoms with Crippen molar-refractivity contribution < 1.29 is 5.11 Å². The second-order valence-corrected chi connectivity index (χ2v) is 7.59. The number of fused-ring (bicyclic) bond motifs is 3. The van der Waals surface area contributed by atoms with E-state index in [-0.39, 0.29) is 5.60 Å². The molecular formula is C15H26O. The van der Waals surface area contributed by atoms with Crippen molar-refractivity contribution in [1.82, 2.24) is 0 Å². The molecule has 0 bridgehead atoms. The summed E-state index contributed by atoms with van der Waals surface area (Å²) in [4.78, 5) is 0. The van der Waals surface area contributed by atoms with E-state index in [4.69, 9.17) is 0 Å². The van der Waals surface area contributed by atoms with E-state index in [2.05, 4.69) is 27.7 Å². The summed E-state index contributed by atoms with van der Waals surface area (Å²) in [6, 6.07) is 0. The number of rotatable bonds is 0. The first-order valence-electron chi connectivity index (χ1n) is 7.08. The summed E-state index contributed by atoms with van der Waals surface area (Å²) in [6.45, 7) is 9.41. The normalized spacial score (nSPS) is 58.7. The zero-order chi connectivity index (χ0) is 11.7. The van der Waals surface area contributed by atoms with Crippen molar-refractivity contribution in [3.63, 3.8) is 0 Å². The molecule has 1 nitrogen and oxygen atoms in total. The molecule has 0 heterocycles. The summed E-state index contributed by atoms with van der Waals surface area (Å²) in [5, 5.41) is 10.7. The fourth-order valence-corrected chi connectivity index (χ4v) is 5.29. The Bertz CT molecular complexity index is 305. The van der Waals surface area contributed by atoms with Crippen LogP contribution in [0.3, 0.4) is 0 Å². The number of aliphatic hydroxyl groups is 1. The van der Waals surface area contributed by atoms with Crippen molar-refractivity contribution >= 4 is 0 Å². The van der Waals surface area contributed by atoms with Gasteiger partial charge in [-0.05, 0) is 61.2 Å². The molecule has 0 aliphatic heterocycles. The molecule has 92 valence electrons. The van der Waals surface area contributed by atoms with E-state index in [0.717, 1.165) is 30.1 Å². The molecule has 3 rings (SSSR count). The maximum atomic E-state index is 10.7. The van der Waals surface area contributed by atoms with Gasteiger partial charge in [-0.15, -0.1) is 0 Å². The van der Waals surface area contributed by atoms with Crippen molar-refractivity contribution in [2.24, 2.45) is 35.0 Å². The maximum absolute atomic E-state index is 10.7. The van der Waals surface area contributed by atoms with Gasteiger partial charge in [-0.25, -0.2) is 0 Å². The Morgan fingerprint density at radius 1 is 1.00 bits per heavy atom. The van der Waals surface area contributed by atoms with Crippen molar-refractivity contribution in [2.45, 2.75) is 59.0 Å². The molecule has 0 spiro atoms. The van der Waals surface area contributed by atoms with Gasteiger partial charge in [0.25, 0.3) is 0 Å². The smallest absolute Gasteiger partial charge is 0.0650 e. The minimum atomic E-state index is -0.376. The molecule has 3 fully saturated rings. The molecule has 0 radical (unpaired) electrons. The standard InChI is InChI=1S/C15H26O/c1-9-5-6-10-12(9)13-11(14(13,2)3)7-8-15(10,4)16/h9-13,16H,5-8H2,1-4H3/t9-,10-,11+,12+,13-,15+/m1/s1. The molecule has 3 saturated carbocycles. The quantitative estimate of drug-likeness (QED) is 0.665. The van der Waals surface area contributed by atoms with Crippen molar-refractivity contribution in [2.75, 3.05) is 0 Å². The van der Waals surface area contributed by atoms with Crippen LogP contribution in [0.4, 0.5) is 0 Å². The molecule has 3 aliphatic carbocycles. The SMILES string of the molecule is C[C@@H]1CC[C@@H]2[C@H]1[C@H]1[C@H](CC[C@]2(C)O)C1(C)C. The fourth-order valence-electron chi connectivity index (χ4n) is 5.29. The molecular weight excluding hydrogens is 196 g/mol. The van der Waals surface area contributed by atoms with Crippen LogP contribution in [-0.4, -0.2) is 10.7 Å². The average molecular weight is 222 g/mol. The van der Waals surface area contributed by atoms with Gasteiger partial charge >= 0.3 is 0 Å². The van der Waals surface area contributed by atoms with Crippen LogP contribution >= 0.6 is 0 Å². The highest BCUT2D eigenvalue weighted by Gasteiger charge is 2.66. The van der Waals surface area contributed by atoms with E-state index in [0.29, 0.717) is 11.3 Å². The predicted octanol–water partition coefficient (Wildman–Crippen LogP) is 3.47. The van der Waals surface area contributed by atoms with Crippen LogP contribution in [0, 0.1) is 35.0 Å². The maximum Gasteiger partial charge on any atom is 0.0650 e. The van der Waals surface area contributed by atoms with Crippen molar-refractivity contribution in [3.8, 4) is 0 Å². The van der Waals surface area contributed by atoms with Crippen molar-refractivity contribution in [1.29, 1.82) is 0 Å². The Morgan fingerprint density at radius 3 is 2.38 bits per heavy atom. The highest BCUT2D eigenvalue weighted by Crippen LogP contribution is 2.71. The topological polar surface area (TPSA) is 20.2 Å². The van der Waals surface area contributed by atoms with Gasteiger partial charge in [0.05, 0.1) is 5.60 Å². The van der Waals surface area contributed by atoms with Gasteiger partial charge in [0.1, 0.15) is 0 Å². The first kappa shape index (κ1) is 11.1. The molecule has 0 aromatic carbocycles. The van der Waals surface area contributed by atoms with E-state index in [1.165, 1.54) is 19.3 Å². The second-order valence-electron chi connectivity index (χ2n) is 7.59. The molecule has 0 unspecified atom stereocenters. The molecule has 1 heteroatoms. The monoisotopic (exact) mass is 222 g/mol. The third kappa shape index (κ3) is 1.27. The van der Waals surface area contributed by atoms with Gasteiger partial charge in [0, 0.05) is 0 Å². The van der Waals surface area contributed by atoms with E-state index in [9.17, 15) is 5.11 Å². The number of hydrogen-bond acceptors (Lipinski definition) is 1. The molecule has 0 amide bonds. The number of hydrogen-bond donors (Lipinski definition) is 1. The third-order valence-electron chi connectivity index (χ3n) is 6.37. The summed E-state index contributed by atoms with van der Waals surface area (Å²) < 4.78 is 0. The van der Waals surface area contributed by atoms with Crippen molar-refractivity contribution in [3.05, 3.63) is 0 Å². The largest absolute Gasteiger partial charge is 0.390 e. The lowest BCUT2D eigenvalue weighted by atomic mass is 9.74. The van der Waals surface area contributed by atoms with Crippen LogP contribution in [0.25, 0.3) is 0 Å². The first-order chi connectivity index (χ1) is 7.36. The highest BCUT2D eigenvalue weighted by molar-refractivity contribution is 5.14. The van der Waals surface area contributed by atoms with Gasteiger partial charge in [-0.1, -0.05) is 27.2 Å². The Hall–Kier alpha value is -0.0400. The van der Waals surface area contributed by atoms with Gasteiger partial charge in [0.15, 0.2) is 0 Å². The summed E-state index contributed by atoms with van der Waals surface area (Å²) in [5.74, 6) is 4.03. The molecule has 16 heavy (non-hydrogen) atoms. The fraction of sp³-hybridized carbons (Fsp3) is 1.00. The molecule has 6 atom stereocenters. The summed E-state index contributed by atoms with van der Waals surface area (Å²) in [6.07, 6.45) is 4.89. The van der Waals surface area contributed by atoms with Crippen LogP contribution in [0.15, 0.2) is 0 Å². The van der Waals surface area contributed by atoms with Gasteiger partial charge in [-0.2, -0.15) is 0 Å².